The first-order chi connectivity index (χ1) is 30.2. The summed E-state index contributed by atoms with van der Waals surface area (Å²) in [6.07, 6.45) is 3.56. The zero-order valence-corrected chi connectivity index (χ0v) is 32.8. The Morgan fingerprint density at radius 2 is 0.770 bits per heavy atom. The van der Waals surface area contributed by atoms with Crippen LogP contribution in [0.4, 0.5) is 0 Å². The Morgan fingerprint density at radius 3 is 1.41 bits per heavy atom. The first-order valence-corrected chi connectivity index (χ1v) is 20.4. The summed E-state index contributed by atoms with van der Waals surface area (Å²) in [6, 6.07) is 67.9. The van der Waals surface area contributed by atoms with Crippen molar-refractivity contribution in [3.05, 3.63) is 207 Å². The van der Waals surface area contributed by atoms with Crippen molar-refractivity contribution in [2.45, 2.75) is 0 Å². The summed E-state index contributed by atoms with van der Waals surface area (Å²) >= 11 is 0. The van der Waals surface area contributed by atoms with Gasteiger partial charge in [-0.05, 0) is 63.4 Å². The molecule has 6 nitrogen and oxygen atoms in total. The first kappa shape index (κ1) is 34.7. The van der Waals surface area contributed by atoms with Crippen LogP contribution in [0.5, 0.6) is 0 Å². The third kappa shape index (κ3) is 5.84. The fraction of sp³-hybridized carbons (Fsp3) is 0. The fourth-order valence-electron chi connectivity index (χ4n) is 8.85. The summed E-state index contributed by atoms with van der Waals surface area (Å²) in [5.74, 6) is 1.79. The van der Waals surface area contributed by atoms with Crippen molar-refractivity contribution in [1.29, 1.82) is 0 Å². The van der Waals surface area contributed by atoms with E-state index in [0.29, 0.717) is 17.5 Å². The lowest BCUT2D eigenvalue weighted by Crippen LogP contribution is -2.03. The summed E-state index contributed by atoms with van der Waals surface area (Å²) in [6.45, 7) is 0. The van der Waals surface area contributed by atoms with Crippen LogP contribution in [-0.4, -0.2) is 29.5 Å². The number of fused-ring (bicyclic) bond motifs is 9. The number of para-hydroxylation sites is 2. The van der Waals surface area contributed by atoms with Gasteiger partial charge >= 0.3 is 0 Å². The van der Waals surface area contributed by atoms with Gasteiger partial charge in [-0.15, -0.1) is 0 Å². The summed E-state index contributed by atoms with van der Waals surface area (Å²) in [7, 11) is 0. The van der Waals surface area contributed by atoms with Crippen LogP contribution in [0.15, 0.2) is 207 Å². The fourth-order valence-corrected chi connectivity index (χ4v) is 8.85. The van der Waals surface area contributed by atoms with Crippen molar-refractivity contribution in [3.63, 3.8) is 0 Å². The van der Waals surface area contributed by atoms with Gasteiger partial charge in [0.15, 0.2) is 17.5 Å². The van der Waals surface area contributed by atoms with Crippen LogP contribution in [0, 0.1) is 0 Å². The summed E-state index contributed by atoms with van der Waals surface area (Å²) in [5, 5.41) is 6.77. The molecular formula is C55H34N6. The maximum absolute atomic E-state index is 5.27. The van der Waals surface area contributed by atoms with E-state index in [1.54, 1.807) is 12.4 Å². The Bertz CT molecular complexity index is 3520. The second-order valence-electron chi connectivity index (χ2n) is 15.3. The van der Waals surface area contributed by atoms with Crippen molar-refractivity contribution >= 4 is 54.4 Å². The number of aromatic nitrogens is 6. The predicted molar refractivity (Wildman–Crippen MR) is 249 cm³/mol. The third-order valence-corrected chi connectivity index (χ3v) is 11.8. The lowest BCUT2D eigenvalue weighted by molar-refractivity contribution is 1.06. The molecular weight excluding hydrogens is 745 g/mol. The van der Waals surface area contributed by atoms with Gasteiger partial charge in [0.25, 0.3) is 0 Å². The van der Waals surface area contributed by atoms with E-state index in [2.05, 4.69) is 187 Å². The molecule has 0 atom stereocenters. The van der Waals surface area contributed by atoms with E-state index in [1.807, 2.05) is 12.1 Å². The lowest BCUT2D eigenvalue weighted by Gasteiger charge is -2.15. The molecule has 3 aromatic heterocycles. The zero-order chi connectivity index (χ0) is 40.3. The maximum Gasteiger partial charge on any atom is 0.166 e. The largest absolute Gasteiger partial charge is 0.308 e. The topological polar surface area (TPSA) is 69.4 Å². The van der Waals surface area contributed by atoms with Crippen molar-refractivity contribution in [2.75, 3.05) is 0 Å². The molecule has 6 heteroatoms. The SMILES string of the molecule is c1ccc(-c2ccc(-c3nc(-c4ccc(-c5ccccc5)cc4)nc(-c4ccccc4-n4c5ccccc5c5cc6c7ccccc7c7nccnc7c6cc54)n3)cc2)cc1. The highest BCUT2D eigenvalue weighted by Crippen LogP contribution is 2.41. The molecule has 0 saturated heterocycles. The van der Waals surface area contributed by atoms with E-state index in [4.69, 9.17) is 24.9 Å². The molecule has 0 aliphatic carbocycles. The standard InChI is InChI=1S/C55H34N6/c1-3-13-35(14-4-1)37-23-27-39(28-24-37)53-58-54(40-29-25-38(26-30-40)36-15-5-2-6-16-36)60-55(59-53)44-20-10-12-22-49(44)61-48-21-11-9-18-42(48)46-33-45-41-17-7-8-19-43(41)51-52(57-32-31-56-51)47(45)34-50(46)61/h1-34H. The van der Waals surface area contributed by atoms with E-state index in [-0.39, 0.29) is 0 Å². The molecule has 3 heterocycles. The van der Waals surface area contributed by atoms with Gasteiger partial charge in [-0.25, -0.2) is 15.0 Å². The van der Waals surface area contributed by atoms with Crippen LogP contribution in [0.1, 0.15) is 0 Å². The molecule has 0 saturated carbocycles. The minimum atomic E-state index is 0.587. The van der Waals surface area contributed by atoms with Crippen LogP contribution < -0.4 is 0 Å². The summed E-state index contributed by atoms with van der Waals surface area (Å²) < 4.78 is 2.35. The number of hydrogen-bond acceptors (Lipinski definition) is 5. The number of rotatable bonds is 6. The average molecular weight is 779 g/mol. The van der Waals surface area contributed by atoms with Crippen LogP contribution in [0.25, 0.3) is 116 Å². The zero-order valence-electron chi connectivity index (χ0n) is 32.8. The lowest BCUT2D eigenvalue weighted by atomic mass is 9.97. The Hall–Kier alpha value is -8.35. The van der Waals surface area contributed by atoms with Crippen LogP contribution >= 0.6 is 0 Å². The molecule has 0 radical (unpaired) electrons. The van der Waals surface area contributed by atoms with E-state index in [1.165, 1.54) is 0 Å². The minimum absolute atomic E-state index is 0.587. The molecule has 0 bridgehead atoms. The van der Waals surface area contributed by atoms with E-state index in [9.17, 15) is 0 Å². The second kappa shape index (κ2) is 14.2. The second-order valence-corrected chi connectivity index (χ2v) is 15.3. The number of benzene rings is 9. The molecule has 12 aromatic rings. The van der Waals surface area contributed by atoms with Gasteiger partial charge < -0.3 is 4.57 Å². The molecule has 0 aliphatic rings. The Balaban J connectivity index is 1.08. The molecule has 0 N–H and O–H groups in total. The highest BCUT2D eigenvalue weighted by molar-refractivity contribution is 6.27. The quantitative estimate of drug-likeness (QED) is 0.157. The van der Waals surface area contributed by atoms with Gasteiger partial charge in [0.1, 0.15) is 0 Å². The smallest absolute Gasteiger partial charge is 0.166 e. The Morgan fingerprint density at radius 1 is 0.295 bits per heavy atom. The molecule has 0 unspecified atom stereocenters. The summed E-state index contributed by atoms with van der Waals surface area (Å²) in [5.41, 5.74) is 12.2. The van der Waals surface area contributed by atoms with Gasteiger partial charge in [-0.3, -0.25) is 9.97 Å². The van der Waals surface area contributed by atoms with Gasteiger partial charge in [-0.1, -0.05) is 164 Å². The van der Waals surface area contributed by atoms with Crippen LogP contribution in [0.3, 0.4) is 0 Å². The predicted octanol–water partition coefficient (Wildman–Crippen LogP) is 13.6. The molecule has 9 aromatic carbocycles. The van der Waals surface area contributed by atoms with Crippen molar-refractivity contribution in [2.24, 2.45) is 0 Å². The number of nitrogens with zero attached hydrogens (tertiary/aromatic N) is 6. The van der Waals surface area contributed by atoms with Crippen LogP contribution in [-0.2, 0) is 0 Å². The number of hydrogen-bond donors (Lipinski definition) is 0. The van der Waals surface area contributed by atoms with E-state index in [0.717, 1.165) is 99.0 Å². The molecule has 0 aliphatic heterocycles. The molecule has 0 spiro atoms. The van der Waals surface area contributed by atoms with Gasteiger partial charge in [-0.2, -0.15) is 0 Å². The van der Waals surface area contributed by atoms with Crippen molar-refractivity contribution in [1.82, 2.24) is 29.5 Å². The highest BCUT2D eigenvalue weighted by Gasteiger charge is 2.21. The molecule has 12 rings (SSSR count). The highest BCUT2D eigenvalue weighted by atomic mass is 15.1. The minimum Gasteiger partial charge on any atom is -0.308 e. The molecule has 0 amide bonds. The van der Waals surface area contributed by atoms with Crippen molar-refractivity contribution < 1.29 is 0 Å². The molecule has 0 fully saturated rings. The van der Waals surface area contributed by atoms with E-state index < -0.39 is 0 Å². The van der Waals surface area contributed by atoms with Gasteiger partial charge in [0.05, 0.1) is 27.8 Å². The van der Waals surface area contributed by atoms with Gasteiger partial charge in [0, 0.05) is 50.6 Å². The van der Waals surface area contributed by atoms with E-state index >= 15 is 0 Å². The first-order valence-electron chi connectivity index (χ1n) is 20.4. The molecule has 284 valence electrons. The Labute approximate surface area is 351 Å². The van der Waals surface area contributed by atoms with Crippen LogP contribution in [0.2, 0.25) is 0 Å². The van der Waals surface area contributed by atoms with Crippen molar-refractivity contribution in [3.8, 4) is 62.1 Å². The third-order valence-electron chi connectivity index (χ3n) is 11.8. The monoisotopic (exact) mass is 778 g/mol. The maximum atomic E-state index is 5.27. The summed E-state index contributed by atoms with van der Waals surface area (Å²) in [4.78, 5) is 25.4. The molecule has 61 heavy (non-hydrogen) atoms. The normalized spacial score (nSPS) is 11.6. The average Bonchev–Trinajstić information content (AvgIpc) is 3.67. The van der Waals surface area contributed by atoms with Gasteiger partial charge in [0.2, 0.25) is 0 Å². The Kier molecular flexibility index (Phi) is 8.06.